The zero-order valence-corrected chi connectivity index (χ0v) is 19.0. The van der Waals surface area contributed by atoms with E-state index >= 15 is 0 Å². The third-order valence-electron chi connectivity index (χ3n) is 4.92. The minimum absolute atomic E-state index is 0.125. The van der Waals surface area contributed by atoms with Gasteiger partial charge in [0.25, 0.3) is 5.91 Å². The molecule has 2 aromatic rings. The molecule has 0 aliphatic carbocycles. The molecule has 33 heavy (non-hydrogen) atoms. The van der Waals surface area contributed by atoms with E-state index in [1.165, 1.54) is 30.9 Å². The average molecular weight is 467 g/mol. The maximum absolute atomic E-state index is 13.2. The van der Waals surface area contributed by atoms with Gasteiger partial charge < -0.3 is 19.5 Å². The molecule has 0 aliphatic rings. The molecule has 0 unspecified atom stereocenters. The van der Waals surface area contributed by atoms with E-state index < -0.39 is 35.3 Å². The zero-order valence-electron chi connectivity index (χ0n) is 19.0. The summed E-state index contributed by atoms with van der Waals surface area (Å²) in [6, 6.07) is 11.1. The molecule has 0 bridgehead atoms. The Kier molecular flexibility index (Phi) is 8.49. The fourth-order valence-corrected chi connectivity index (χ4v) is 3.28. The Hall–Kier alpha value is -3.07. The number of alkyl halides is 3. The van der Waals surface area contributed by atoms with Gasteiger partial charge in [-0.1, -0.05) is 18.2 Å². The number of amides is 1. The second-order valence-electron chi connectivity index (χ2n) is 7.84. The third-order valence-corrected chi connectivity index (χ3v) is 4.92. The number of carbonyl (C=O) groups is 2. The topological polar surface area (TPSA) is 76.1 Å². The smallest absolute Gasteiger partial charge is 0.416 e. The number of carbonyl (C=O) groups excluding carboxylic acids is 1. The van der Waals surface area contributed by atoms with Crippen LogP contribution in [0.1, 0.15) is 38.8 Å². The quantitative estimate of drug-likeness (QED) is 0.535. The summed E-state index contributed by atoms with van der Waals surface area (Å²) in [5, 5.41) is 9.21. The molecule has 2 aromatic carbocycles. The highest BCUT2D eigenvalue weighted by Crippen LogP contribution is 2.32. The number of carboxylic acid groups (broad SMARTS) is 1. The Bertz CT molecular complexity index is 957. The molecule has 0 saturated carbocycles. The molecule has 1 N–H and O–H groups in total. The molecular formula is C24H28F3NO5. The van der Waals surface area contributed by atoms with Crippen molar-refractivity contribution in [2.75, 3.05) is 18.1 Å². The number of carboxylic acids is 1. The Morgan fingerprint density at radius 3 is 2.21 bits per heavy atom. The number of halogens is 3. The van der Waals surface area contributed by atoms with Crippen LogP contribution in [0.15, 0.2) is 48.5 Å². The fraction of sp³-hybridized carbons (Fsp3) is 0.417. The Labute approximate surface area is 190 Å². The minimum Gasteiger partial charge on any atom is -0.479 e. The number of benzene rings is 2. The zero-order chi connectivity index (χ0) is 24.8. The van der Waals surface area contributed by atoms with Crippen LogP contribution >= 0.6 is 0 Å². The second kappa shape index (κ2) is 10.7. The number of anilines is 1. The lowest BCUT2D eigenvalue weighted by atomic mass is 10.1. The van der Waals surface area contributed by atoms with E-state index in [1.54, 1.807) is 38.1 Å². The summed E-state index contributed by atoms with van der Waals surface area (Å²) >= 11 is 0. The fourth-order valence-electron chi connectivity index (χ4n) is 3.28. The molecule has 0 spiro atoms. The third kappa shape index (κ3) is 6.95. The van der Waals surface area contributed by atoms with Crippen LogP contribution in [0.5, 0.6) is 5.75 Å². The molecule has 1 atom stereocenters. The second-order valence-corrected chi connectivity index (χ2v) is 7.84. The molecule has 0 aromatic heterocycles. The monoisotopic (exact) mass is 467 g/mol. The molecule has 9 heteroatoms. The maximum Gasteiger partial charge on any atom is 0.416 e. The largest absolute Gasteiger partial charge is 0.479 e. The van der Waals surface area contributed by atoms with Crippen LogP contribution < -0.4 is 9.64 Å². The molecule has 0 radical (unpaired) electrons. The van der Waals surface area contributed by atoms with E-state index in [4.69, 9.17) is 9.47 Å². The van der Waals surface area contributed by atoms with Gasteiger partial charge in [-0.3, -0.25) is 4.79 Å². The molecule has 2 rings (SSSR count). The van der Waals surface area contributed by atoms with Crippen LogP contribution in [0.2, 0.25) is 0 Å². The van der Waals surface area contributed by atoms with Crippen molar-refractivity contribution < 1.29 is 37.3 Å². The van der Waals surface area contributed by atoms with Crippen LogP contribution in [0.3, 0.4) is 0 Å². The van der Waals surface area contributed by atoms with Crippen LogP contribution in [-0.2, 0) is 26.9 Å². The van der Waals surface area contributed by atoms with Gasteiger partial charge in [0, 0.05) is 25.3 Å². The maximum atomic E-state index is 13.2. The van der Waals surface area contributed by atoms with Gasteiger partial charge in [0.05, 0.1) is 5.56 Å². The standard InChI is InChI=1S/C24H28F3NO5/c1-5-28(18-9-7-8-17(15-18)24(25,26)27)22(31)23(3,4)33-19-12-10-16(11-13-19)14-20(21(29)30)32-6-2/h7-13,15,20H,5-6,14H2,1-4H3,(H,29,30)/t20-/m0/s1. The summed E-state index contributed by atoms with van der Waals surface area (Å²) in [6.45, 7) is 6.88. The highest BCUT2D eigenvalue weighted by atomic mass is 19.4. The van der Waals surface area contributed by atoms with Gasteiger partial charge >= 0.3 is 12.1 Å². The highest BCUT2D eigenvalue weighted by molar-refractivity contribution is 5.99. The summed E-state index contributed by atoms with van der Waals surface area (Å²) in [7, 11) is 0. The lowest BCUT2D eigenvalue weighted by Crippen LogP contribution is -2.49. The summed E-state index contributed by atoms with van der Waals surface area (Å²) in [5.74, 6) is -1.20. The number of rotatable bonds is 10. The predicted octanol–water partition coefficient (Wildman–Crippen LogP) is 4.95. The Morgan fingerprint density at radius 2 is 1.70 bits per heavy atom. The molecular weight excluding hydrogens is 439 g/mol. The first-order valence-electron chi connectivity index (χ1n) is 10.5. The molecule has 6 nitrogen and oxygen atoms in total. The first-order valence-corrected chi connectivity index (χ1v) is 10.5. The minimum atomic E-state index is -4.52. The van der Waals surface area contributed by atoms with Gasteiger partial charge in [0.15, 0.2) is 11.7 Å². The normalized spacial score (nSPS) is 12.8. The SMILES string of the molecule is CCO[C@@H](Cc1ccc(OC(C)(C)C(=O)N(CC)c2cccc(C(F)(F)F)c2)cc1)C(=O)O. The number of hydrogen-bond donors (Lipinski definition) is 1. The van der Waals surface area contributed by atoms with E-state index in [9.17, 15) is 27.9 Å². The summed E-state index contributed by atoms with van der Waals surface area (Å²) < 4.78 is 50.3. The van der Waals surface area contributed by atoms with Crippen LogP contribution in [0.25, 0.3) is 0 Å². The van der Waals surface area contributed by atoms with E-state index in [1.807, 2.05) is 0 Å². The number of hydrogen-bond acceptors (Lipinski definition) is 4. The van der Waals surface area contributed by atoms with Gasteiger partial charge in [0.1, 0.15) is 5.75 Å². The van der Waals surface area contributed by atoms with Gasteiger partial charge in [0.2, 0.25) is 0 Å². The molecule has 0 fully saturated rings. The summed E-state index contributed by atoms with van der Waals surface area (Å²) in [5.41, 5.74) is -1.38. The van der Waals surface area contributed by atoms with Gasteiger partial charge in [-0.2, -0.15) is 13.2 Å². The van der Waals surface area contributed by atoms with Crippen molar-refractivity contribution in [1.29, 1.82) is 0 Å². The number of nitrogens with zero attached hydrogens (tertiary/aromatic N) is 1. The number of aliphatic carboxylic acids is 1. The van der Waals surface area contributed by atoms with Crippen molar-refractivity contribution in [3.05, 3.63) is 59.7 Å². The molecule has 0 saturated heterocycles. The lowest BCUT2D eigenvalue weighted by Gasteiger charge is -2.32. The molecule has 180 valence electrons. The number of likely N-dealkylation sites (N-methyl/N-ethyl adjacent to an activating group) is 1. The Balaban J connectivity index is 2.17. The Morgan fingerprint density at radius 1 is 1.06 bits per heavy atom. The van der Waals surface area contributed by atoms with Gasteiger partial charge in [-0.05, 0) is 63.6 Å². The lowest BCUT2D eigenvalue weighted by molar-refractivity contribution is -0.150. The molecule has 1 amide bonds. The van der Waals surface area contributed by atoms with E-state index in [0.29, 0.717) is 11.3 Å². The molecule has 0 heterocycles. The van der Waals surface area contributed by atoms with Crippen molar-refractivity contribution >= 4 is 17.6 Å². The van der Waals surface area contributed by atoms with E-state index in [-0.39, 0.29) is 25.3 Å². The summed E-state index contributed by atoms with van der Waals surface area (Å²) in [6.07, 6.45) is -5.32. The van der Waals surface area contributed by atoms with E-state index in [2.05, 4.69) is 0 Å². The van der Waals surface area contributed by atoms with E-state index in [0.717, 1.165) is 12.1 Å². The van der Waals surface area contributed by atoms with Crippen molar-refractivity contribution in [3.8, 4) is 5.75 Å². The summed E-state index contributed by atoms with van der Waals surface area (Å²) in [4.78, 5) is 25.7. The van der Waals surface area contributed by atoms with Gasteiger partial charge in [-0.25, -0.2) is 4.79 Å². The van der Waals surface area contributed by atoms with Crippen molar-refractivity contribution in [2.45, 2.75) is 52.0 Å². The highest BCUT2D eigenvalue weighted by Gasteiger charge is 2.36. The van der Waals surface area contributed by atoms with Crippen molar-refractivity contribution in [1.82, 2.24) is 0 Å². The van der Waals surface area contributed by atoms with Gasteiger partial charge in [-0.15, -0.1) is 0 Å². The van der Waals surface area contributed by atoms with Crippen LogP contribution in [0.4, 0.5) is 18.9 Å². The number of ether oxygens (including phenoxy) is 2. The average Bonchev–Trinajstić information content (AvgIpc) is 2.74. The van der Waals surface area contributed by atoms with Crippen molar-refractivity contribution in [2.24, 2.45) is 0 Å². The first kappa shape index (κ1) is 26.2. The van der Waals surface area contributed by atoms with Crippen LogP contribution in [0, 0.1) is 0 Å². The first-order chi connectivity index (χ1) is 15.4. The van der Waals surface area contributed by atoms with Crippen LogP contribution in [-0.4, -0.2) is 41.8 Å². The predicted molar refractivity (Wildman–Crippen MR) is 117 cm³/mol. The van der Waals surface area contributed by atoms with Crippen molar-refractivity contribution in [3.63, 3.8) is 0 Å². The molecule has 0 aliphatic heterocycles.